The maximum atomic E-state index is 14.0. The van der Waals surface area contributed by atoms with E-state index < -0.39 is 18.0 Å². The van der Waals surface area contributed by atoms with Crippen LogP contribution in [0.25, 0.3) is 6.08 Å². The van der Waals surface area contributed by atoms with Crippen LogP contribution in [0.2, 0.25) is 0 Å². The third-order valence-corrected chi connectivity index (χ3v) is 7.20. The van der Waals surface area contributed by atoms with Crippen LogP contribution in [0.5, 0.6) is 23.0 Å². The van der Waals surface area contributed by atoms with E-state index >= 15 is 0 Å². The number of fused-ring (bicyclic) bond motifs is 1. The predicted molar refractivity (Wildman–Crippen MR) is 158 cm³/mol. The van der Waals surface area contributed by atoms with E-state index in [1.165, 1.54) is 22.8 Å². The Hall–Kier alpha value is -4.38. The molecule has 1 aliphatic rings. The number of thiazole rings is 1. The van der Waals surface area contributed by atoms with E-state index in [4.69, 9.17) is 23.7 Å². The first-order chi connectivity index (χ1) is 20.2. The lowest BCUT2D eigenvalue weighted by molar-refractivity contribution is -0.139. The second-order valence-electron chi connectivity index (χ2n) is 9.11. The van der Waals surface area contributed by atoms with Crippen molar-refractivity contribution in [2.75, 3.05) is 26.4 Å². The van der Waals surface area contributed by atoms with Gasteiger partial charge >= 0.3 is 11.9 Å². The van der Waals surface area contributed by atoms with E-state index in [2.05, 4.69) is 4.99 Å². The molecule has 1 aliphatic heterocycles. The number of aromatic nitrogens is 1. The van der Waals surface area contributed by atoms with E-state index in [-0.39, 0.29) is 17.7 Å². The van der Waals surface area contributed by atoms with Crippen LogP contribution in [0.4, 0.5) is 0 Å². The van der Waals surface area contributed by atoms with Gasteiger partial charge in [-0.3, -0.25) is 14.2 Å². The van der Waals surface area contributed by atoms with Crippen molar-refractivity contribution in [1.29, 1.82) is 0 Å². The maximum absolute atomic E-state index is 14.0. The average Bonchev–Trinajstić information content (AvgIpc) is 3.24. The molecule has 42 heavy (non-hydrogen) atoms. The monoisotopic (exact) mass is 594 g/mol. The van der Waals surface area contributed by atoms with Gasteiger partial charge in [0.2, 0.25) is 0 Å². The van der Waals surface area contributed by atoms with Gasteiger partial charge in [-0.1, -0.05) is 23.5 Å². The lowest BCUT2D eigenvalue weighted by Gasteiger charge is -2.25. The van der Waals surface area contributed by atoms with Crippen molar-refractivity contribution in [3.8, 4) is 23.0 Å². The number of nitrogens with zero attached hydrogens (tertiary/aromatic N) is 2. The summed E-state index contributed by atoms with van der Waals surface area (Å²) in [6, 6.07) is 9.63. The number of allylic oxidation sites excluding steroid dienone is 1. The van der Waals surface area contributed by atoms with Gasteiger partial charge in [0.05, 0.1) is 48.3 Å². The van der Waals surface area contributed by atoms with Crippen molar-refractivity contribution in [1.82, 2.24) is 4.57 Å². The molecule has 10 nitrogen and oxygen atoms in total. The third kappa shape index (κ3) is 6.41. The summed E-state index contributed by atoms with van der Waals surface area (Å²) in [5, 5.41) is 0. The standard InChI is InChI=1S/C31H34N2O8S/c1-7-37-22-14-12-21(17-25(22)39-9-3)28-27(30(36)40-10-4)18(5)32-31-33(28)29(35)26(42-31)16-20-11-13-23(41-19(6)34)24(15-20)38-8-2/h11-17,28H,7-10H2,1-6H3/b26-16-/t28-/m0/s1. The third-order valence-electron chi connectivity index (χ3n) is 6.22. The van der Waals surface area contributed by atoms with Crippen LogP contribution in [-0.4, -0.2) is 42.9 Å². The Bertz CT molecular complexity index is 1700. The number of carbonyl (C=O) groups is 2. The van der Waals surface area contributed by atoms with Gasteiger partial charge < -0.3 is 23.7 Å². The first-order valence-electron chi connectivity index (χ1n) is 13.8. The van der Waals surface area contributed by atoms with Gasteiger partial charge in [0.25, 0.3) is 5.56 Å². The van der Waals surface area contributed by atoms with Gasteiger partial charge in [0.15, 0.2) is 27.8 Å². The fourth-order valence-corrected chi connectivity index (χ4v) is 5.66. The fourth-order valence-electron chi connectivity index (χ4n) is 4.62. The van der Waals surface area contributed by atoms with Crippen LogP contribution in [0, 0.1) is 0 Å². The quantitative estimate of drug-likeness (QED) is 0.243. The molecule has 0 aliphatic carbocycles. The summed E-state index contributed by atoms with van der Waals surface area (Å²) in [6.07, 6.45) is 1.72. The highest BCUT2D eigenvalue weighted by molar-refractivity contribution is 7.07. The van der Waals surface area contributed by atoms with Gasteiger partial charge in [-0.25, -0.2) is 9.79 Å². The Balaban J connectivity index is 1.91. The van der Waals surface area contributed by atoms with Crippen LogP contribution < -0.4 is 33.8 Å². The van der Waals surface area contributed by atoms with Crippen LogP contribution in [0.1, 0.15) is 58.7 Å². The average molecular weight is 595 g/mol. The van der Waals surface area contributed by atoms with Gasteiger partial charge in [-0.2, -0.15) is 0 Å². The van der Waals surface area contributed by atoms with E-state index in [0.717, 1.165) is 0 Å². The molecule has 3 aromatic rings. The Kier molecular flexibility index (Phi) is 9.84. The van der Waals surface area contributed by atoms with Crippen molar-refractivity contribution in [3.05, 3.63) is 78.5 Å². The largest absolute Gasteiger partial charge is 0.490 e. The van der Waals surface area contributed by atoms with Crippen LogP contribution in [0.15, 0.2) is 57.5 Å². The van der Waals surface area contributed by atoms with E-state index in [1.807, 2.05) is 26.8 Å². The summed E-state index contributed by atoms with van der Waals surface area (Å²) >= 11 is 1.21. The molecule has 0 bridgehead atoms. The molecule has 222 valence electrons. The molecule has 0 amide bonds. The molecule has 0 unspecified atom stereocenters. The van der Waals surface area contributed by atoms with Crippen LogP contribution in [0.3, 0.4) is 0 Å². The van der Waals surface area contributed by atoms with E-state index in [1.54, 1.807) is 50.3 Å². The Labute approximate surface area is 247 Å². The smallest absolute Gasteiger partial charge is 0.338 e. The van der Waals surface area contributed by atoms with Gasteiger partial charge in [-0.15, -0.1) is 0 Å². The molecule has 0 saturated carbocycles. The molecule has 2 heterocycles. The molecule has 0 fully saturated rings. The molecular weight excluding hydrogens is 560 g/mol. The zero-order valence-corrected chi connectivity index (χ0v) is 25.3. The van der Waals surface area contributed by atoms with Crippen molar-refractivity contribution < 1.29 is 33.3 Å². The highest BCUT2D eigenvalue weighted by Crippen LogP contribution is 2.36. The van der Waals surface area contributed by atoms with Crippen LogP contribution >= 0.6 is 11.3 Å². The zero-order chi connectivity index (χ0) is 30.4. The Morgan fingerprint density at radius 3 is 2.19 bits per heavy atom. The van der Waals surface area contributed by atoms with E-state index in [9.17, 15) is 14.4 Å². The van der Waals surface area contributed by atoms with Crippen molar-refractivity contribution in [3.63, 3.8) is 0 Å². The van der Waals surface area contributed by atoms with Crippen LogP contribution in [-0.2, 0) is 14.3 Å². The number of hydrogen-bond donors (Lipinski definition) is 0. The molecular formula is C31H34N2O8S. The molecule has 11 heteroatoms. The molecule has 1 atom stereocenters. The van der Waals surface area contributed by atoms with Crippen molar-refractivity contribution in [2.45, 2.75) is 47.6 Å². The topological polar surface area (TPSA) is 115 Å². The first kappa shape index (κ1) is 30.6. The number of esters is 2. The number of hydrogen-bond acceptors (Lipinski definition) is 10. The summed E-state index contributed by atoms with van der Waals surface area (Å²) in [6.45, 7) is 11.7. The molecule has 2 aromatic carbocycles. The lowest BCUT2D eigenvalue weighted by atomic mass is 9.95. The highest BCUT2D eigenvalue weighted by Gasteiger charge is 2.34. The minimum Gasteiger partial charge on any atom is -0.490 e. The van der Waals surface area contributed by atoms with E-state index in [0.29, 0.717) is 69.0 Å². The first-order valence-corrected chi connectivity index (χ1v) is 14.6. The Morgan fingerprint density at radius 2 is 1.55 bits per heavy atom. The number of ether oxygens (including phenoxy) is 5. The normalized spacial score (nSPS) is 14.6. The van der Waals surface area contributed by atoms with Crippen molar-refractivity contribution in [2.24, 2.45) is 4.99 Å². The van der Waals surface area contributed by atoms with Crippen molar-refractivity contribution >= 4 is 29.4 Å². The lowest BCUT2D eigenvalue weighted by Crippen LogP contribution is -2.40. The summed E-state index contributed by atoms with van der Waals surface area (Å²) in [5.74, 6) is 0.729. The second kappa shape index (κ2) is 13.5. The SMILES string of the molecule is CCOC(=O)C1=C(C)N=c2s/c(=C\c3ccc(OC(C)=O)c(OCC)c3)c(=O)n2[C@H]1c1ccc(OCC)c(OCC)c1. The summed E-state index contributed by atoms with van der Waals surface area (Å²) in [4.78, 5) is 43.8. The molecule has 0 spiro atoms. The van der Waals surface area contributed by atoms with Gasteiger partial charge in [0, 0.05) is 6.92 Å². The Morgan fingerprint density at radius 1 is 0.905 bits per heavy atom. The minimum atomic E-state index is -0.803. The zero-order valence-electron chi connectivity index (χ0n) is 24.5. The number of benzene rings is 2. The summed E-state index contributed by atoms with van der Waals surface area (Å²) < 4.78 is 29.8. The predicted octanol–water partition coefficient (Wildman–Crippen LogP) is 3.92. The summed E-state index contributed by atoms with van der Waals surface area (Å²) in [7, 11) is 0. The number of rotatable bonds is 11. The minimum absolute atomic E-state index is 0.172. The second-order valence-corrected chi connectivity index (χ2v) is 10.1. The fraction of sp³-hybridized carbons (Fsp3) is 0.355. The molecule has 0 N–H and O–H groups in total. The maximum Gasteiger partial charge on any atom is 0.338 e. The number of carbonyl (C=O) groups excluding carboxylic acids is 2. The summed E-state index contributed by atoms with van der Waals surface area (Å²) in [5.41, 5.74) is 1.72. The van der Waals surface area contributed by atoms with Gasteiger partial charge in [0.1, 0.15) is 0 Å². The molecule has 0 radical (unpaired) electrons. The van der Waals surface area contributed by atoms with Gasteiger partial charge in [-0.05, 0) is 76.1 Å². The molecule has 1 aromatic heterocycles. The molecule has 4 rings (SSSR count). The molecule has 0 saturated heterocycles. The highest BCUT2D eigenvalue weighted by atomic mass is 32.1.